The summed E-state index contributed by atoms with van der Waals surface area (Å²) in [5, 5.41) is 3.78. The minimum Gasteiger partial charge on any atom is -0.382 e. The van der Waals surface area contributed by atoms with Crippen molar-refractivity contribution in [1.82, 2.24) is 10.1 Å². The van der Waals surface area contributed by atoms with Crippen LogP contribution in [-0.4, -0.2) is 23.9 Å². The van der Waals surface area contributed by atoms with Gasteiger partial charge < -0.3 is 15.0 Å². The van der Waals surface area contributed by atoms with E-state index in [1.807, 2.05) is 0 Å². The van der Waals surface area contributed by atoms with Crippen LogP contribution in [0.5, 0.6) is 0 Å². The number of ether oxygens (including phenoxy) is 1. The van der Waals surface area contributed by atoms with E-state index in [9.17, 15) is 4.39 Å². The molecule has 1 aromatic heterocycles. The van der Waals surface area contributed by atoms with Crippen molar-refractivity contribution in [1.29, 1.82) is 0 Å². The van der Waals surface area contributed by atoms with E-state index in [0.29, 0.717) is 4.47 Å². The predicted molar refractivity (Wildman–Crippen MR) is 70.8 cm³/mol. The summed E-state index contributed by atoms with van der Waals surface area (Å²) in [7, 11) is 1.53. The Kier molecular flexibility index (Phi) is 3.98. The van der Waals surface area contributed by atoms with Crippen molar-refractivity contribution in [3.8, 4) is 11.5 Å². The van der Waals surface area contributed by atoms with E-state index in [1.165, 1.54) is 7.11 Å². The molecule has 0 aliphatic heterocycles. The lowest BCUT2D eigenvalue weighted by atomic mass is 10.1. The summed E-state index contributed by atoms with van der Waals surface area (Å²) < 4.78 is 24.3. The lowest BCUT2D eigenvalue weighted by Crippen LogP contribution is -2.38. The van der Waals surface area contributed by atoms with Crippen LogP contribution >= 0.6 is 15.9 Å². The van der Waals surface area contributed by atoms with Crippen LogP contribution in [0.25, 0.3) is 11.5 Å². The van der Waals surface area contributed by atoms with Crippen molar-refractivity contribution in [3.63, 3.8) is 0 Å². The lowest BCUT2D eigenvalue weighted by Gasteiger charge is -2.18. The molecule has 0 bridgehead atoms. The molecule has 102 valence electrons. The number of nitrogens with two attached hydrogens (primary N) is 1. The van der Waals surface area contributed by atoms with Crippen LogP contribution in [0.1, 0.15) is 12.7 Å². The summed E-state index contributed by atoms with van der Waals surface area (Å²) in [5.74, 6) is -0.103. The number of halogens is 2. The smallest absolute Gasteiger partial charge is 0.261 e. The molecule has 0 saturated heterocycles. The van der Waals surface area contributed by atoms with E-state index in [4.69, 9.17) is 15.0 Å². The maximum Gasteiger partial charge on any atom is 0.261 e. The molecule has 0 amide bonds. The van der Waals surface area contributed by atoms with Crippen LogP contribution in [-0.2, 0) is 10.3 Å². The Morgan fingerprint density at radius 1 is 1.53 bits per heavy atom. The first-order valence-corrected chi connectivity index (χ1v) is 6.31. The summed E-state index contributed by atoms with van der Waals surface area (Å²) in [5.41, 5.74) is 5.33. The first kappa shape index (κ1) is 14.1. The summed E-state index contributed by atoms with van der Waals surface area (Å²) in [6.07, 6.45) is 0. The zero-order valence-electron chi connectivity index (χ0n) is 10.5. The van der Waals surface area contributed by atoms with Gasteiger partial charge in [0.2, 0.25) is 0 Å². The van der Waals surface area contributed by atoms with Gasteiger partial charge in [-0.2, -0.15) is 4.98 Å². The predicted octanol–water partition coefficient (Wildman–Crippen LogP) is 2.46. The maximum absolute atomic E-state index is 13.9. The summed E-state index contributed by atoms with van der Waals surface area (Å²) in [6, 6.07) is 4.83. The van der Waals surface area contributed by atoms with E-state index in [0.717, 1.165) is 0 Å². The Balaban J connectivity index is 2.39. The molecule has 0 aliphatic rings. The number of hydrogen-bond acceptors (Lipinski definition) is 5. The number of methoxy groups -OCH3 is 1. The number of aromatic nitrogens is 2. The van der Waals surface area contributed by atoms with Gasteiger partial charge in [0.05, 0.1) is 16.6 Å². The topological polar surface area (TPSA) is 74.2 Å². The molecule has 2 N–H and O–H groups in total. The first-order chi connectivity index (χ1) is 8.95. The fourth-order valence-electron chi connectivity index (χ4n) is 1.60. The van der Waals surface area contributed by atoms with E-state index in [2.05, 4.69) is 26.1 Å². The molecule has 0 spiro atoms. The molecular formula is C12H13BrFN3O2. The van der Waals surface area contributed by atoms with Crippen LogP contribution in [0.4, 0.5) is 4.39 Å². The minimum atomic E-state index is -0.890. The third-order valence-electron chi connectivity index (χ3n) is 2.56. The normalized spacial score (nSPS) is 14.4. The van der Waals surface area contributed by atoms with Crippen molar-refractivity contribution >= 4 is 15.9 Å². The van der Waals surface area contributed by atoms with Gasteiger partial charge in [0.15, 0.2) is 5.82 Å². The second-order valence-corrected chi connectivity index (χ2v) is 5.23. The zero-order chi connectivity index (χ0) is 14.0. The Labute approximate surface area is 118 Å². The molecule has 5 nitrogen and oxygen atoms in total. The molecule has 0 aliphatic carbocycles. The first-order valence-electron chi connectivity index (χ1n) is 5.52. The van der Waals surface area contributed by atoms with E-state index in [-0.39, 0.29) is 23.9 Å². The van der Waals surface area contributed by atoms with Gasteiger partial charge in [0.25, 0.3) is 5.89 Å². The van der Waals surface area contributed by atoms with Crippen LogP contribution in [0.15, 0.2) is 27.2 Å². The SMILES string of the molecule is COCC(C)(N)c1noc(-c2cccc(Br)c2F)n1. The maximum atomic E-state index is 13.9. The highest BCUT2D eigenvalue weighted by molar-refractivity contribution is 9.10. The lowest BCUT2D eigenvalue weighted by molar-refractivity contribution is 0.135. The Morgan fingerprint density at radius 3 is 2.95 bits per heavy atom. The molecule has 19 heavy (non-hydrogen) atoms. The van der Waals surface area contributed by atoms with E-state index < -0.39 is 11.4 Å². The molecule has 0 radical (unpaired) electrons. The standard InChI is InChI=1S/C12H13BrFN3O2/c1-12(15,6-18-2)11-16-10(19-17-11)7-4-3-5-8(13)9(7)14/h3-5H,6,15H2,1-2H3. The highest BCUT2D eigenvalue weighted by Crippen LogP contribution is 2.27. The molecule has 0 fully saturated rings. The van der Waals surface area contributed by atoms with Crippen LogP contribution in [0, 0.1) is 5.82 Å². The van der Waals surface area contributed by atoms with Gasteiger partial charge in [0, 0.05) is 7.11 Å². The van der Waals surface area contributed by atoms with Gasteiger partial charge in [-0.25, -0.2) is 4.39 Å². The number of hydrogen-bond donors (Lipinski definition) is 1. The fourth-order valence-corrected chi connectivity index (χ4v) is 1.96. The zero-order valence-corrected chi connectivity index (χ0v) is 12.1. The Bertz CT molecular complexity index is 586. The van der Waals surface area contributed by atoms with E-state index >= 15 is 0 Å². The molecule has 1 heterocycles. The van der Waals surface area contributed by atoms with Crippen molar-refractivity contribution < 1.29 is 13.7 Å². The van der Waals surface area contributed by atoms with Crippen LogP contribution < -0.4 is 5.73 Å². The second kappa shape index (κ2) is 5.36. The number of benzene rings is 1. The van der Waals surface area contributed by atoms with Gasteiger partial charge in [0.1, 0.15) is 11.4 Å². The molecule has 0 saturated carbocycles. The third-order valence-corrected chi connectivity index (χ3v) is 3.18. The van der Waals surface area contributed by atoms with Gasteiger partial charge in [-0.1, -0.05) is 11.2 Å². The summed E-state index contributed by atoms with van der Waals surface area (Å²) in [4.78, 5) is 4.13. The number of nitrogens with zero attached hydrogens (tertiary/aromatic N) is 2. The molecule has 7 heteroatoms. The summed E-state index contributed by atoms with van der Waals surface area (Å²) in [6.45, 7) is 1.94. The highest BCUT2D eigenvalue weighted by Gasteiger charge is 2.28. The molecule has 2 rings (SSSR count). The Hall–Kier alpha value is -1.31. The largest absolute Gasteiger partial charge is 0.382 e. The van der Waals surface area contributed by atoms with E-state index in [1.54, 1.807) is 25.1 Å². The van der Waals surface area contributed by atoms with Crippen molar-refractivity contribution in [3.05, 3.63) is 34.3 Å². The van der Waals surface area contributed by atoms with Crippen LogP contribution in [0.2, 0.25) is 0 Å². The third kappa shape index (κ3) is 2.83. The number of rotatable bonds is 4. The average Bonchev–Trinajstić information content (AvgIpc) is 2.82. The summed E-state index contributed by atoms with van der Waals surface area (Å²) >= 11 is 3.10. The van der Waals surface area contributed by atoms with Crippen molar-refractivity contribution in [2.24, 2.45) is 5.73 Å². The Morgan fingerprint density at radius 2 is 2.26 bits per heavy atom. The van der Waals surface area contributed by atoms with Crippen LogP contribution in [0.3, 0.4) is 0 Å². The molecule has 1 aromatic carbocycles. The van der Waals surface area contributed by atoms with Gasteiger partial charge in [-0.3, -0.25) is 0 Å². The molecule has 2 aromatic rings. The average molecular weight is 330 g/mol. The second-order valence-electron chi connectivity index (χ2n) is 4.37. The molecule has 1 unspecified atom stereocenters. The minimum absolute atomic E-state index is 0.0848. The quantitative estimate of drug-likeness (QED) is 0.932. The fraction of sp³-hybridized carbons (Fsp3) is 0.333. The molecule has 1 atom stereocenters. The van der Waals surface area contributed by atoms with Gasteiger partial charge in [-0.05, 0) is 35.0 Å². The van der Waals surface area contributed by atoms with Gasteiger partial charge in [-0.15, -0.1) is 0 Å². The molecular weight excluding hydrogens is 317 g/mol. The highest BCUT2D eigenvalue weighted by atomic mass is 79.9. The van der Waals surface area contributed by atoms with Crippen molar-refractivity contribution in [2.75, 3.05) is 13.7 Å². The van der Waals surface area contributed by atoms with Crippen molar-refractivity contribution in [2.45, 2.75) is 12.5 Å². The van der Waals surface area contributed by atoms with Gasteiger partial charge >= 0.3 is 0 Å². The monoisotopic (exact) mass is 329 g/mol.